The number of alkyl halides is 1. The zero-order valence-electron chi connectivity index (χ0n) is 73.5. The number of phenolic OH excluding ortho intramolecular Hbond substituents is 1. The highest BCUT2D eigenvalue weighted by atomic mass is 35.5. The molecule has 34 heteroatoms. The Morgan fingerprint density at radius 3 is 1.40 bits per heavy atom. The van der Waals surface area contributed by atoms with Gasteiger partial charge < -0.3 is 81.8 Å². The van der Waals surface area contributed by atoms with Gasteiger partial charge in [-0.3, -0.25) is 19.2 Å². The second kappa shape index (κ2) is 43.7. The van der Waals surface area contributed by atoms with E-state index in [0.29, 0.717) is 109 Å². The molecule has 6 unspecified atom stereocenters. The molecule has 0 aliphatic carbocycles. The van der Waals surface area contributed by atoms with Crippen molar-refractivity contribution in [2.24, 2.45) is 0 Å². The Balaban J connectivity index is 0.000000214. The molecule has 31 nitrogen and oxygen atoms in total. The molecule has 0 saturated carbocycles. The zero-order valence-corrected chi connectivity index (χ0v) is 75.9. The van der Waals surface area contributed by atoms with Crippen LogP contribution < -0.4 is 33.6 Å². The molecule has 6 aromatic carbocycles. The molecule has 2 N–H and O–H groups in total. The molecule has 0 bridgehead atoms. The summed E-state index contributed by atoms with van der Waals surface area (Å²) in [5, 5.41) is 21.5. The number of unbranched alkanes of at least 4 members (excludes halogenated alkanes) is 4. The van der Waals surface area contributed by atoms with Crippen molar-refractivity contribution in [3.63, 3.8) is 0 Å². The number of phenols is 1. The molecule has 4 saturated heterocycles. The Hall–Kier alpha value is -10.2. The summed E-state index contributed by atoms with van der Waals surface area (Å²) in [7, 11) is -1.65. The van der Waals surface area contributed by atoms with Gasteiger partial charge in [-0.2, -0.15) is 8.61 Å². The number of hydrogen-bond acceptors (Lipinski definition) is 23. The lowest BCUT2D eigenvalue weighted by Gasteiger charge is -2.42. The summed E-state index contributed by atoms with van der Waals surface area (Å²) in [6.45, 7) is 10.5. The first-order chi connectivity index (χ1) is 62.5. The lowest BCUT2D eigenvalue weighted by atomic mass is 9.92. The number of methoxy groups -OCH3 is 2. The van der Waals surface area contributed by atoms with Crippen LogP contribution in [-0.4, -0.2) is 238 Å². The van der Waals surface area contributed by atoms with Gasteiger partial charge in [0.1, 0.15) is 31.4 Å². The highest BCUT2D eigenvalue weighted by Gasteiger charge is 2.51. The monoisotopic (exact) mass is 1840 g/mol. The van der Waals surface area contributed by atoms with Crippen molar-refractivity contribution in [1.29, 1.82) is 0 Å². The molecule has 15 rings (SSSR count). The van der Waals surface area contributed by atoms with Crippen LogP contribution in [-0.2, 0) is 67.5 Å². The fraction of sp³-hybridized carbons (Fsp3) is 0.495. The lowest BCUT2D eigenvalue weighted by molar-refractivity contribution is -0.197. The Bertz CT molecular complexity index is 5330. The van der Waals surface area contributed by atoms with E-state index >= 15 is 0 Å². The average molecular weight is 1840 g/mol. The Morgan fingerprint density at radius 1 is 0.543 bits per heavy atom. The number of hydrogen-bond donors (Lipinski definition) is 2. The number of fused-ring (bicyclic) bond motifs is 7. The van der Waals surface area contributed by atoms with Crippen LogP contribution in [0, 0.1) is 0 Å². The van der Waals surface area contributed by atoms with Crippen molar-refractivity contribution in [3.05, 3.63) is 168 Å². The summed E-state index contributed by atoms with van der Waals surface area (Å²) >= 11 is 6.41. The van der Waals surface area contributed by atoms with Crippen molar-refractivity contribution in [3.8, 4) is 28.7 Å². The summed E-state index contributed by atoms with van der Waals surface area (Å²) in [4.78, 5) is 90.9. The number of amides is 5. The largest absolute Gasteiger partial charge is 0.507 e. The maximum absolute atomic E-state index is 14.9. The number of ether oxygens (including phenoxy) is 12. The van der Waals surface area contributed by atoms with E-state index in [1.54, 1.807) is 101 Å². The minimum Gasteiger partial charge on any atom is -0.507 e. The molecule has 0 radical (unpaired) electrons. The summed E-state index contributed by atoms with van der Waals surface area (Å²) in [6.07, 6.45) is 14.4. The predicted octanol–water partition coefficient (Wildman–Crippen LogP) is 15.5. The number of halogens is 1. The third-order valence-corrected chi connectivity index (χ3v) is 29.1. The lowest BCUT2D eigenvalue weighted by Crippen LogP contribution is -2.57. The molecular weight excluding hydrogens is 1720 g/mol. The first kappa shape index (κ1) is 94.9. The molecule has 129 heavy (non-hydrogen) atoms. The third kappa shape index (κ3) is 21.6. The van der Waals surface area contributed by atoms with Crippen LogP contribution in [0.15, 0.2) is 150 Å². The van der Waals surface area contributed by atoms with E-state index < -0.39 is 87.8 Å². The molecule has 9 atom stereocenters. The summed E-state index contributed by atoms with van der Waals surface area (Å²) in [6, 6.07) is 27.5. The first-order valence-corrected chi connectivity index (χ1v) is 48.0. The van der Waals surface area contributed by atoms with E-state index in [1.807, 2.05) is 36.4 Å². The number of benzene rings is 6. The van der Waals surface area contributed by atoms with Crippen LogP contribution in [0.3, 0.4) is 0 Å². The van der Waals surface area contributed by atoms with Crippen molar-refractivity contribution in [1.82, 2.24) is 18.4 Å². The standard InChI is InChI=1S/C54H63ClN4O12S.C41H53N3O12S/c1-4-25-70-54(63)59-42-32-47(67-26-11-5-6-16-48(61)58-34-37(33-55)51-40-15-8-7-14-39(40)45(60)31-43(51)58)46(66-3)30-41(42)52(62)57-24-23-36(29-44(57)53(59)71-50-18-10-13-28-69-50)35-19-21-38(22-20-35)72(64,65)56(2)49-17-9-12-27-68-49;1-4-21-55-41(48)44-32-27-35(52-22-9-5-6-13-37(45)46)34(51-3)26-31(32)39(47)43-20-19-29(25-33(43)40(44)56-38-14-8-11-24-54-38)28-15-17-30(18-16-28)57(49,50)42(2)36-12-7-10-23-53-36/h4,7-8,14-15,19-23,30-32,37,44,49-50,53,60H,1,5-6,9-13,16-18,24-29,33-34H2,2-3H3;4,15-19,26-27,33,36,38,40H,1,5-14,20-25H2,2-3H3,(H,45,46)/t37-,44+,49?,50?,53?;33-,36?,38?,40?/m10/s1. The van der Waals surface area contributed by atoms with Gasteiger partial charge in [0.15, 0.2) is 48.0 Å². The number of carboxylic acid groups (broad SMARTS) is 1. The van der Waals surface area contributed by atoms with E-state index in [-0.39, 0.29) is 150 Å². The molecule has 0 aromatic heterocycles. The molecule has 4 fully saturated rings. The average Bonchev–Trinajstić information content (AvgIpc) is 1.61. The predicted molar refractivity (Wildman–Crippen MR) is 483 cm³/mol. The summed E-state index contributed by atoms with van der Waals surface area (Å²) in [5.74, 6) is -0.0943. The number of anilines is 3. The highest BCUT2D eigenvalue weighted by molar-refractivity contribution is 7.89. The SMILES string of the molecule is C=CCOC(=O)N1c2cc(OCCCCCC(=O)N3C[C@@H](CCl)c4c3cc(O)c3ccccc43)c(OC)cc2C(=O)N2CC=C(c3ccc(S(=O)(=O)N(C)C4CCCCO4)cc3)C[C@H]2C1OC1CCCCO1.C=CCOC(=O)N1c2cc(OCCCCCC(=O)O)c(OC)cc2C(=O)N2CC=C(c3ccc(S(=O)(=O)N(C)C4CCCCO4)cc3)C[C@H]2C1OC1CCCCO1. The summed E-state index contributed by atoms with van der Waals surface area (Å²) < 4.78 is 130. The molecule has 694 valence electrons. The molecule has 6 aromatic rings. The van der Waals surface area contributed by atoms with Crippen molar-refractivity contribution in [2.45, 2.75) is 207 Å². The van der Waals surface area contributed by atoms with Crippen molar-refractivity contribution in [2.75, 3.05) is 121 Å². The summed E-state index contributed by atoms with van der Waals surface area (Å²) in [5.41, 5.74) is 5.61. The minimum absolute atomic E-state index is 0.0497. The Morgan fingerprint density at radius 2 is 0.984 bits per heavy atom. The maximum atomic E-state index is 14.9. The van der Waals surface area contributed by atoms with Gasteiger partial charge in [0.25, 0.3) is 11.8 Å². The fourth-order valence-electron chi connectivity index (χ4n) is 18.1. The van der Waals surface area contributed by atoms with E-state index in [0.717, 1.165) is 90.0 Å². The molecule has 0 spiro atoms. The number of aromatic hydroxyl groups is 1. The van der Waals surface area contributed by atoms with Crippen LogP contribution in [0.25, 0.3) is 21.9 Å². The van der Waals surface area contributed by atoms with Gasteiger partial charge in [-0.1, -0.05) is 86.0 Å². The van der Waals surface area contributed by atoms with Crippen LogP contribution in [0.4, 0.5) is 26.7 Å². The second-order valence-electron chi connectivity index (χ2n) is 33.2. The zero-order chi connectivity index (χ0) is 91.0. The normalized spacial score (nSPS) is 22.3. The highest BCUT2D eigenvalue weighted by Crippen LogP contribution is 2.49. The first-order valence-electron chi connectivity index (χ1n) is 44.6. The Labute approximate surface area is 758 Å². The fourth-order valence-corrected chi connectivity index (χ4v) is 20.9. The van der Waals surface area contributed by atoms with Crippen LogP contribution >= 0.6 is 11.6 Å². The topological polar surface area (TPSA) is 345 Å². The van der Waals surface area contributed by atoms with E-state index in [9.17, 15) is 50.7 Å². The quantitative estimate of drug-likeness (QED) is 0.0219. The van der Waals surface area contributed by atoms with E-state index in [1.165, 1.54) is 51.8 Å². The second-order valence-corrected chi connectivity index (χ2v) is 37.6. The number of carboxylic acids is 1. The number of carbonyl (C=O) groups excluding carboxylic acids is 5. The van der Waals surface area contributed by atoms with Crippen molar-refractivity contribution >= 4 is 107 Å². The van der Waals surface area contributed by atoms with Gasteiger partial charge in [0.05, 0.1) is 77.5 Å². The van der Waals surface area contributed by atoms with Crippen LogP contribution in [0.5, 0.6) is 28.7 Å². The number of nitrogens with zero attached hydrogens (tertiary/aromatic N) is 7. The third-order valence-electron chi connectivity index (χ3n) is 25.0. The van der Waals surface area contributed by atoms with Crippen molar-refractivity contribution < 1.29 is 113 Å². The molecule has 5 amide bonds. The molecule has 9 aliphatic rings. The number of aliphatic carboxylic acids is 1. The smallest absolute Gasteiger partial charge is 0.416 e. The van der Waals surface area contributed by atoms with Gasteiger partial charge in [-0.05, 0) is 198 Å². The molecular formula is C95H116ClN7O24S2. The van der Waals surface area contributed by atoms with Gasteiger partial charge in [0.2, 0.25) is 26.0 Å². The van der Waals surface area contributed by atoms with Gasteiger partial charge >= 0.3 is 18.2 Å². The van der Waals surface area contributed by atoms with Gasteiger partial charge in [-0.25, -0.2) is 36.2 Å². The number of sulfonamides is 2. The van der Waals surface area contributed by atoms with Gasteiger partial charge in [-0.15, -0.1) is 11.6 Å². The van der Waals surface area contributed by atoms with Crippen LogP contribution in [0.2, 0.25) is 0 Å². The minimum atomic E-state index is -3.85. The maximum Gasteiger partial charge on any atom is 0.416 e. The molecule has 9 aliphatic heterocycles. The van der Waals surface area contributed by atoms with E-state index in [4.69, 9.17) is 73.5 Å². The van der Waals surface area contributed by atoms with Crippen LogP contribution in [0.1, 0.15) is 185 Å². The molecule has 9 heterocycles. The van der Waals surface area contributed by atoms with E-state index in [2.05, 4.69) is 13.2 Å². The number of carbonyl (C=O) groups is 6. The number of rotatable bonds is 33. The Kier molecular flexibility index (Phi) is 32.2. The van der Waals surface area contributed by atoms with Gasteiger partial charge in [0, 0.05) is 108 Å².